The van der Waals surface area contributed by atoms with Crippen LogP contribution in [0.3, 0.4) is 0 Å². The van der Waals surface area contributed by atoms with Crippen LogP contribution in [-0.2, 0) is 27.5 Å². The number of aromatic nitrogens is 2. The molecule has 2 aliphatic rings. The molecule has 3 heterocycles. The minimum Gasteiger partial charge on any atom is -0.475 e. The van der Waals surface area contributed by atoms with Crippen molar-refractivity contribution in [2.24, 2.45) is 11.3 Å². The van der Waals surface area contributed by atoms with Gasteiger partial charge in [-0.3, -0.25) is 9.88 Å². The molecule has 212 valence electrons. The van der Waals surface area contributed by atoms with E-state index in [1.54, 1.807) is 11.3 Å². The molecule has 0 aromatic carbocycles. The minimum atomic E-state index is -5.08. The summed E-state index contributed by atoms with van der Waals surface area (Å²) in [5.74, 6) is -4.72. The molecule has 2 atom stereocenters. The number of pyridine rings is 1. The van der Waals surface area contributed by atoms with Crippen molar-refractivity contribution in [3.05, 3.63) is 46.2 Å². The van der Waals surface area contributed by atoms with Crippen molar-refractivity contribution in [1.29, 1.82) is 0 Å². The third-order valence-electron chi connectivity index (χ3n) is 6.19. The van der Waals surface area contributed by atoms with Crippen molar-refractivity contribution < 1.29 is 50.9 Å². The van der Waals surface area contributed by atoms with E-state index in [4.69, 9.17) is 24.5 Å². The number of rotatable bonds is 6. The summed E-state index contributed by atoms with van der Waals surface area (Å²) in [5.41, 5.74) is 4.69. The predicted molar refractivity (Wildman–Crippen MR) is 123 cm³/mol. The Morgan fingerprint density at radius 1 is 1.18 bits per heavy atom. The Morgan fingerprint density at radius 3 is 2.32 bits per heavy atom. The zero-order chi connectivity index (χ0) is 28.6. The van der Waals surface area contributed by atoms with Gasteiger partial charge in [-0.05, 0) is 37.3 Å². The highest BCUT2D eigenvalue weighted by Gasteiger charge is 2.49. The lowest BCUT2D eigenvalue weighted by atomic mass is 9.81. The lowest BCUT2D eigenvalue weighted by Crippen LogP contribution is -2.32. The van der Waals surface area contributed by atoms with E-state index < -0.39 is 24.3 Å². The molecule has 8 nitrogen and oxygen atoms in total. The third kappa shape index (κ3) is 9.51. The van der Waals surface area contributed by atoms with Gasteiger partial charge in [0.05, 0.1) is 24.4 Å². The maximum Gasteiger partial charge on any atom is 0.490 e. The van der Waals surface area contributed by atoms with Crippen LogP contribution in [0.1, 0.15) is 35.4 Å². The minimum absolute atomic E-state index is 0.362. The molecule has 0 bridgehead atoms. The number of hydrogen-bond donors (Lipinski definition) is 2. The van der Waals surface area contributed by atoms with Crippen molar-refractivity contribution >= 4 is 23.3 Å². The number of thiazole rings is 1. The molecule has 0 spiro atoms. The highest BCUT2D eigenvalue weighted by Crippen LogP contribution is 2.49. The van der Waals surface area contributed by atoms with Gasteiger partial charge in [-0.2, -0.15) is 26.3 Å². The van der Waals surface area contributed by atoms with Gasteiger partial charge in [-0.25, -0.2) is 14.6 Å². The summed E-state index contributed by atoms with van der Waals surface area (Å²) in [5, 5.41) is 14.2. The highest BCUT2D eigenvalue weighted by molar-refractivity contribution is 7.09. The standard InChI is InChI=1S/C19H25N3OS.2C2HF3O2/c1-15-18(24-14-21-15)10-22-9-17-5-2-6-19(17,12-22)13-23-11-16-4-3-7-20-8-16;2*3-2(4,5)1(6)7/h3-4,7-8,14,17H,2,5-6,9-13H2,1H3;2*(H,6,7)/t17-,19+;;/m1../s1. The molecule has 1 aliphatic heterocycles. The lowest BCUT2D eigenvalue weighted by Gasteiger charge is -2.28. The van der Waals surface area contributed by atoms with Crippen molar-refractivity contribution in [3.8, 4) is 0 Å². The molecule has 0 amide bonds. The Bertz CT molecular complexity index is 1030. The lowest BCUT2D eigenvalue weighted by molar-refractivity contribution is -0.193. The van der Waals surface area contributed by atoms with Crippen LogP contribution in [-0.4, -0.2) is 69.1 Å². The van der Waals surface area contributed by atoms with E-state index in [9.17, 15) is 26.3 Å². The first-order chi connectivity index (χ1) is 17.6. The summed E-state index contributed by atoms with van der Waals surface area (Å²) in [4.78, 5) is 30.4. The number of likely N-dealkylation sites (tertiary alicyclic amines) is 1. The average molecular weight is 572 g/mol. The van der Waals surface area contributed by atoms with Gasteiger partial charge in [0.1, 0.15) is 0 Å². The van der Waals surface area contributed by atoms with E-state index in [0.29, 0.717) is 12.0 Å². The highest BCUT2D eigenvalue weighted by atomic mass is 32.1. The third-order valence-corrected chi connectivity index (χ3v) is 7.11. The first-order valence-corrected chi connectivity index (χ1v) is 12.2. The summed E-state index contributed by atoms with van der Waals surface area (Å²) in [6, 6.07) is 4.06. The quantitative estimate of drug-likeness (QED) is 0.470. The van der Waals surface area contributed by atoms with Crippen LogP contribution in [0.25, 0.3) is 0 Å². The van der Waals surface area contributed by atoms with Gasteiger partial charge in [0, 0.05) is 42.3 Å². The van der Waals surface area contributed by atoms with E-state index >= 15 is 0 Å². The van der Waals surface area contributed by atoms with Gasteiger partial charge in [0.2, 0.25) is 0 Å². The Labute approximate surface area is 218 Å². The normalized spacial score (nSPS) is 21.1. The van der Waals surface area contributed by atoms with Crippen LogP contribution in [0.5, 0.6) is 0 Å². The molecule has 2 aromatic heterocycles. The van der Waals surface area contributed by atoms with E-state index in [0.717, 1.165) is 19.1 Å². The van der Waals surface area contributed by atoms with Crippen LogP contribution in [0.15, 0.2) is 30.0 Å². The van der Waals surface area contributed by atoms with Crippen molar-refractivity contribution in [2.75, 3.05) is 19.7 Å². The van der Waals surface area contributed by atoms with Crippen molar-refractivity contribution in [1.82, 2.24) is 14.9 Å². The van der Waals surface area contributed by atoms with Gasteiger partial charge < -0.3 is 14.9 Å². The number of aryl methyl sites for hydroxylation is 1. The van der Waals surface area contributed by atoms with Crippen LogP contribution < -0.4 is 0 Å². The fourth-order valence-corrected chi connectivity index (χ4v) is 5.24. The van der Waals surface area contributed by atoms with Gasteiger partial charge in [0.25, 0.3) is 0 Å². The molecule has 1 aliphatic carbocycles. The molecule has 2 N–H and O–H groups in total. The second kappa shape index (κ2) is 13.3. The SMILES string of the molecule is Cc1ncsc1CN1C[C@H]2CCC[C@@]2(COCc2cccnc2)C1.O=C(O)C(F)(F)F.O=C(O)C(F)(F)F. The molecule has 38 heavy (non-hydrogen) atoms. The number of aliphatic carboxylic acids is 2. The molecule has 15 heteroatoms. The second-order valence-corrected chi connectivity index (χ2v) is 9.88. The van der Waals surface area contributed by atoms with Crippen molar-refractivity contribution in [2.45, 2.75) is 51.7 Å². The molecule has 4 rings (SSSR count). The number of carbonyl (C=O) groups is 2. The molecular weight excluding hydrogens is 544 g/mol. The molecule has 1 saturated carbocycles. The number of carboxylic acids is 2. The van der Waals surface area contributed by atoms with E-state index in [-0.39, 0.29) is 0 Å². The predicted octanol–water partition coefficient (Wildman–Crippen LogP) is 4.93. The number of halogens is 6. The molecule has 1 saturated heterocycles. The fourth-order valence-electron chi connectivity index (χ4n) is 4.42. The number of ether oxygens (including phenoxy) is 1. The van der Waals surface area contributed by atoms with E-state index in [1.807, 2.05) is 24.0 Å². The maximum atomic E-state index is 10.6. The zero-order valence-electron chi connectivity index (χ0n) is 20.3. The number of hydrogen-bond acceptors (Lipinski definition) is 7. The van der Waals surface area contributed by atoms with Crippen LogP contribution in [0.4, 0.5) is 26.3 Å². The Balaban J connectivity index is 0.000000301. The number of nitrogens with zero attached hydrogens (tertiary/aromatic N) is 3. The fraction of sp³-hybridized carbons (Fsp3) is 0.565. The molecular formula is C23H27F6N3O5S. The number of alkyl halides is 6. The maximum absolute atomic E-state index is 10.6. The van der Waals surface area contributed by atoms with Crippen molar-refractivity contribution in [3.63, 3.8) is 0 Å². The Hall–Kier alpha value is -2.78. The van der Waals surface area contributed by atoms with Gasteiger partial charge in [0.15, 0.2) is 0 Å². The van der Waals surface area contributed by atoms with E-state index in [1.165, 1.54) is 48.5 Å². The second-order valence-electron chi connectivity index (χ2n) is 8.94. The number of carboxylic acid groups (broad SMARTS) is 2. The summed E-state index contributed by atoms with van der Waals surface area (Å²) in [6.45, 7) is 7.11. The topological polar surface area (TPSA) is 113 Å². The van der Waals surface area contributed by atoms with Crippen LogP contribution >= 0.6 is 11.3 Å². The first kappa shape index (κ1) is 31.4. The number of fused-ring (bicyclic) bond motifs is 1. The zero-order valence-corrected chi connectivity index (χ0v) is 21.1. The summed E-state index contributed by atoms with van der Waals surface area (Å²) < 4.78 is 69.6. The molecule has 0 unspecified atom stereocenters. The van der Waals surface area contributed by atoms with Crippen LogP contribution in [0.2, 0.25) is 0 Å². The summed E-state index contributed by atoms with van der Waals surface area (Å²) >= 11 is 1.79. The molecule has 2 fully saturated rings. The smallest absolute Gasteiger partial charge is 0.475 e. The first-order valence-electron chi connectivity index (χ1n) is 11.3. The molecule has 2 aromatic rings. The van der Waals surface area contributed by atoms with Gasteiger partial charge in [-0.15, -0.1) is 11.3 Å². The molecule has 0 radical (unpaired) electrons. The monoisotopic (exact) mass is 571 g/mol. The van der Waals surface area contributed by atoms with Crippen LogP contribution in [0, 0.1) is 18.3 Å². The van der Waals surface area contributed by atoms with Gasteiger partial charge >= 0.3 is 24.3 Å². The van der Waals surface area contributed by atoms with Gasteiger partial charge in [-0.1, -0.05) is 12.5 Å². The van der Waals surface area contributed by atoms with E-state index in [2.05, 4.69) is 27.9 Å². The Morgan fingerprint density at radius 2 is 1.82 bits per heavy atom. The Kier molecular flexibility index (Phi) is 11.0. The largest absolute Gasteiger partial charge is 0.490 e. The summed E-state index contributed by atoms with van der Waals surface area (Å²) in [6.07, 6.45) is -2.44. The average Bonchev–Trinajstić information content (AvgIpc) is 3.48. The summed E-state index contributed by atoms with van der Waals surface area (Å²) in [7, 11) is 0.